The summed E-state index contributed by atoms with van der Waals surface area (Å²) in [5.74, 6) is 0. The molecule has 2 rings (SSSR count). The fourth-order valence-electron chi connectivity index (χ4n) is 1.37. The first-order valence-electron chi connectivity index (χ1n) is 5.19. The van der Waals surface area contributed by atoms with Gasteiger partial charge in [0.25, 0.3) is 10.0 Å². The largest absolute Gasteiger partial charge is 0.389 e. The standard InChI is InChI=1S/C11H12N2O3S2/c1-8(14)9-2-4-10(5-3-9)18(15,16)13-11-12-6-7-17-11/h2-8,14H,1H3,(H,12,13). The van der Waals surface area contributed by atoms with Crippen molar-refractivity contribution in [1.29, 1.82) is 0 Å². The van der Waals surface area contributed by atoms with Gasteiger partial charge in [-0.15, -0.1) is 11.3 Å². The van der Waals surface area contributed by atoms with Crippen LogP contribution in [-0.4, -0.2) is 18.5 Å². The normalized spacial score (nSPS) is 13.2. The number of sulfonamides is 1. The van der Waals surface area contributed by atoms with E-state index in [1.807, 2.05) is 0 Å². The lowest BCUT2D eigenvalue weighted by Gasteiger charge is -2.07. The zero-order chi connectivity index (χ0) is 13.2. The zero-order valence-electron chi connectivity index (χ0n) is 9.57. The van der Waals surface area contributed by atoms with Gasteiger partial charge < -0.3 is 5.11 Å². The third kappa shape index (κ3) is 2.87. The summed E-state index contributed by atoms with van der Waals surface area (Å²) in [4.78, 5) is 4.00. The molecule has 96 valence electrons. The van der Waals surface area contributed by atoms with Crippen LogP contribution in [0, 0.1) is 0 Å². The summed E-state index contributed by atoms with van der Waals surface area (Å²) in [7, 11) is -3.61. The molecule has 2 aromatic rings. The Morgan fingerprint density at radius 3 is 2.50 bits per heavy atom. The molecule has 1 atom stereocenters. The molecule has 0 radical (unpaired) electrons. The van der Waals surface area contributed by atoms with E-state index < -0.39 is 16.1 Å². The molecular weight excluding hydrogens is 272 g/mol. The quantitative estimate of drug-likeness (QED) is 0.900. The number of aromatic nitrogens is 1. The van der Waals surface area contributed by atoms with Crippen molar-refractivity contribution in [3.63, 3.8) is 0 Å². The van der Waals surface area contributed by atoms with Crippen LogP contribution in [-0.2, 0) is 10.0 Å². The Morgan fingerprint density at radius 1 is 1.33 bits per heavy atom. The monoisotopic (exact) mass is 284 g/mol. The number of nitrogens with zero attached hydrogens (tertiary/aromatic N) is 1. The Hall–Kier alpha value is -1.44. The van der Waals surface area contributed by atoms with E-state index in [0.29, 0.717) is 10.7 Å². The van der Waals surface area contributed by atoms with Gasteiger partial charge in [-0.05, 0) is 24.6 Å². The number of nitrogens with one attached hydrogen (secondary N) is 1. The molecule has 0 fully saturated rings. The lowest BCUT2D eigenvalue weighted by Crippen LogP contribution is -2.12. The fraction of sp³-hybridized carbons (Fsp3) is 0.182. The Morgan fingerprint density at radius 2 is 2.00 bits per heavy atom. The molecular formula is C11H12N2O3S2. The molecule has 1 aromatic carbocycles. The smallest absolute Gasteiger partial charge is 0.263 e. The number of hydrogen-bond acceptors (Lipinski definition) is 5. The van der Waals surface area contributed by atoms with Gasteiger partial charge in [-0.25, -0.2) is 13.4 Å². The summed E-state index contributed by atoms with van der Waals surface area (Å²) >= 11 is 1.21. The molecule has 0 aliphatic heterocycles. The molecule has 7 heteroatoms. The van der Waals surface area contributed by atoms with E-state index in [1.165, 1.54) is 29.7 Å². The van der Waals surface area contributed by atoms with Crippen molar-refractivity contribution in [2.45, 2.75) is 17.9 Å². The number of hydrogen-bond donors (Lipinski definition) is 2. The van der Waals surface area contributed by atoms with E-state index >= 15 is 0 Å². The average Bonchev–Trinajstić information content (AvgIpc) is 2.81. The molecule has 0 spiro atoms. The van der Waals surface area contributed by atoms with E-state index in [-0.39, 0.29) is 4.90 Å². The van der Waals surface area contributed by atoms with Gasteiger partial charge in [0.1, 0.15) is 0 Å². The van der Waals surface area contributed by atoms with Gasteiger partial charge in [0, 0.05) is 11.6 Å². The predicted octanol–water partition coefficient (Wildman–Crippen LogP) is 2.00. The minimum absolute atomic E-state index is 0.141. The molecule has 0 saturated carbocycles. The number of rotatable bonds is 4. The van der Waals surface area contributed by atoms with Crippen LogP contribution in [0.4, 0.5) is 5.13 Å². The maximum atomic E-state index is 12.0. The van der Waals surface area contributed by atoms with Gasteiger partial charge in [0.15, 0.2) is 5.13 Å². The van der Waals surface area contributed by atoms with Crippen LogP contribution in [0.3, 0.4) is 0 Å². The van der Waals surface area contributed by atoms with Crippen LogP contribution in [0.5, 0.6) is 0 Å². The van der Waals surface area contributed by atoms with E-state index in [4.69, 9.17) is 0 Å². The average molecular weight is 284 g/mol. The summed E-state index contributed by atoms with van der Waals surface area (Å²) in [6.07, 6.45) is 0.910. The van der Waals surface area contributed by atoms with Crippen LogP contribution < -0.4 is 4.72 Å². The number of anilines is 1. The van der Waals surface area contributed by atoms with Crippen LogP contribution in [0.1, 0.15) is 18.6 Å². The molecule has 18 heavy (non-hydrogen) atoms. The van der Waals surface area contributed by atoms with Crippen LogP contribution >= 0.6 is 11.3 Å². The van der Waals surface area contributed by atoms with Gasteiger partial charge in [0.2, 0.25) is 0 Å². The van der Waals surface area contributed by atoms with Crippen molar-refractivity contribution in [2.75, 3.05) is 4.72 Å². The molecule has 0 bridgehead atoms. The zero-order valence-corrected chi connectivity index (χ0v) is 11.2. The highest BCUT2D eigenvalue weighted by Gasteiger charge is 2.15. The Labute approximate surface area is 109 Å². The first-order valence-corrected chi connectivity index (χ1v) is 7.55. The Kier molecular flexibility index (Phi) is 3.65. The maximum absolute atomic E-state index is 12.0. The summed E-state index contributed by atoms with van der Waals surface area (Å²) in [6.45, 7) is 1.62. The van der Waals surface area contributed by atoms with Gasteiger partial charge in [-0.2, -0.15) is 0 Å². The van der Waals surface area contributed by atoms with Gasteiger partial charge in [0.05, 0.1) is 11.0 Å². The van der Waals surface area contributed by atoms with Crippen molar-refractivity contribution in [1.82, 2.24) is 4.98 Å². The number of aliphatic hydroxyl groups excluding tert-OH is 1. The van der Waals surface area contributed by atoms with Gasteiger partial charge in [-0.1, -0.05) is 12.1 Å². The molecule has 1 heterocycles. The summed E-state index contributed by atoms with van der Waals surface area (Å²) in [5.41, 5.74) is 0.670. The van der Waals surface area contributed by atoms with E-state index in [1.54, 1.807) is 24.4 Å². The summed E-state index contributed by atoms with van der Waals surface area (Å²) in [5, 5.41) is 11.4. The third-order valence-corrected chi connectivity index (χ3v) is 4.50. The topological polar surface area (TPSA) is 79.3 Å². The second-order valence-corrected chi connectivity index (χ2v) is 6.26. The summed E-state index contributed by atoms with van der Waals surface area (Å²) in [6, 6.07) is 6.08. The number of aliphatic hydroxyl groups is 1. The van der Waals surface area contributed by atoms with Crippen molar-refractivity contribution >= 4 is 26.5 Å². The van der Waals surface area contributed by atoms with E-state index in [2.05, 4.69) is 9.71 Å². The highest BCUT2D eigenvalue weighted by atomic mass is 32.2. The molecule has 0 amide bonds. The lowest BCUT2D eigenvalue weighted by atomic mass is 10.1. The third-order valence-electron chi connectivity index (χ3n) is 2.33. The van der Waals surface area contributed by atoms with Crippen LogP contribution in [0.15, 0.2) is 40.7 Å². The lowest BCUT2D eigenvalue weighted by molar-refractivity contribution is 0.199. The molecule has 0 saturated heterocycles. The van der Waals surface area contributed by atoms with Gasteiger partial charge in [-0.3, -0.25) is 4.72 Å². The maximum Gasteiger partial charge on any atom is 0.263 e. The van der Waals surface area contributed by atoms with Crippen molar-refractivity contribution in [3.8, 4) is 0 Å². The second-order valence-electron chi connectivity index (χ2n) is 3.69. The van der Waals surface area contributed by atoms with E-state index in [9.17, 15) is 13.5 Å². The molecule has 5 nitrogen and oxygen atoms in total. The predicted molar refractivity (Wildman–Crippen MR) is 70.0 cm³/mol. The first-order chi connectivity index (χ1) is 8.49. The highest BCUT2D eigenvalue weighted by molar-refractivity contribution is 7.93. The Balaban J connectivity index is 2.25. The summed E-state index contributed by atoms with van der Waals surface area (Å²) < 4.78 is 26.3. The van der Waals surface area contributed by atoms with Crippen LogP contribution in [0.25, 0.3) is 0 Å². The first kappa shape index (κ1) is 13.0. The molecule has 1 unspecified atom stereocenters. The number of benzene rings is 1. The van der Waals surface area contributed by atoms with E-state index in [0.717, 1.165) is 0 Å². The van der Waals surface area contributed by atoms with Crippen molar-refractivity contribution in [2.24, 2.45) is 0 Å². The molecule has 2 N–H and O–H groups in total. The second kappa shape index (κ2) is 5.05. The van der Waals surface area contributed by atoms with Crippen LogP contribution in [0.2, 0.25) is 0 Å². The number of thiazole rings is 1. The molecule has 0 aliphatic rings. The molecule has 1 aromatic heterocycles. The fourth-order valence-corrected chi connectivity index (χ4v) is 3.16. The van der Waals surface area contributed by atoms with Crippen molar-refractivity contribution in [3.05, 3.63) is 41.4 Å². The van der Waals surface area contributed by atoms with Gasteiger partial charge >= 0.3 is 0 Å². The Bertz CT molecular complexity index is 604. The SMILES string of the molecule is CC(O)c1ccc(S(=O)(=O)Nc2nccs2)cc1. The molecule has 0 aliphatic carbocycles. The van der Waals surface area contributed by atoms with Crippen molar-refractivity contribution < 1.29 is 13.5 Å². The highest BCUT2D eigenvalue weighted by Crippen LogP contribution is 2.19. The minimum Gasteiger partial charge on any atom is -0.389 e. The minimum atomic E-state index is -3.61.